The molecule has 0 saturated heterocycles. The Balaban J connectivity index is 0.00000771. The van der Waals surface area contributed by atoms with E-state index in [0.717, 1.165) is 62.9 Å². The third kappa shape index (κ3) is 18.3. The molecule has 0 bridgehead atoms. The molecule has 4 aromatic rings. The smallest absolute Gasteiger partial charge is 0.744 e. The van der Waals surface area contributed by atoms with E-state index in [1.807, 2.05) is 0 Å². The molecule has 2 amide bonds. The van der Waals surface area contributed by atoms with Crippen molar-refractivity contribution < 1.29 is 124 Å². The molecular weight excluding hydrogens is 956 g/mol. The van der Waals surface area contributed by atoms with Crippen LogP contribution in [0.25, 0.3) is 10.8 Å². The van der Waals surface area contributed by atoms with Gasteiger partial charge in [-0.15, -0.1) is 5.11 Å². The average molecular weight is 1010 g/mol. The molecule has 1 unspecified atom stereocenters. The number of amides is 2. The van der Waals surface area contributed by atoms with Crippen molar-refractivity contribution in [3.63, 3.8) is 0 Å². The summed E-state index contributed by atoms with van der Waals surface area (Å²) < 4.78 is 89.6. The van der Waals surface area contributed by atoms with E-state index < -0.39 is 71.4 Å². The van der Waals surface area contributed by atoms with Crippen LogP contribution in [0.2, 0.25) is 0 Å². The third-order valence-electron chi connectivity index (χ3n) is 9.77. The van der Waals surface area contributed by atoms with Crippen LogP contribution in [0.15, 0.2) is 85.6 Å². The molecule has 0 aliphatic heterocycles. The number of nitrogens with zero attached hydrogens (tertiary/aromatic N) is 2. The molecule has 0 aromatic heterocycles. The predicted octanol–water partition coefficient (Wildman–Crippen LogP) is 2.40. The molecule has 4 N–H and O–H groups in total. The number of carbonyl (C=O) groups excluding carboxylic acids is 3. The molecule has 67 heavy (non-hydrogen) atoms. The van der Waals surface area contributed by atoms with Crippen molar-refractivity contribution in [2.45, 2.75) is 120 Å². The Morgan fingerprint density at radius 2 is 1.42 bits per heavy atom. The minimum Gasteiger partial charge on any atom is -0.744 e. The number of unbranched alkanes of at least 4 members (excludes halogenated alkanes) is 9. The van der Waals surface area contributed by atoms with Gasteiger partial charge >= 0.3 is 59.1 Å². The summed E-state index contributed by atoms with van der Waals surface area (Å²) in [6.45, 7) is 8.10. The van der Waals surface area contributed by atoms with Crippen LogP contribution in [-0.4, -0.2) is 56.7 Å². The maximum absolute atomic E-state index is 15.1. The number of sulfonamides is 1. The predicted molar refractivity (Wildman–Crippen MR) is 237 cm³/mol. The Hall–Kier alpha value is -3.07. The number of aromatic hydroxyl groups is 1. The minimum absolute atomic E-state index is 0. The minimum atomic E-state index is -5.04. The molecule has 354 valence electrons. The van der Waals surface area contributed by atoms with Crippen molar-refractivity contribution in [1.82, 2.24) is 4.72 Å². The van der Waals surface area contributed by atoms with Gasteiger partial charge in [0.15, 0.2) is 11.5 Å². The number of hydrogen-bond donors (Lipinski definition) is 4. The zero-order valence-electron chi connectivity index (χ0n) is 38.5. The summed E-state index contributed by atoms with van der Waals surface area (Å²) in [5.41, 5.74) is -2.13. The monoisotopic (exact) mass is 1010 g/mol. The zero-order chi connectivity index (χ0) is 48.0. The van der Waals surface area contributed by atoms with Crippen LogP contribution in [0.4, 0.5) is 27.1 Å². The second-order valence-electron chi connectivity index (χ2n) is 16.0. The number of nitrogens with one attached hydrogen (secondary N) is 3. The van der Waals surface area contributed by atoms with Gasteiger partial charge in [-0.25, -0.2) is 25.9 Å². The molecule has 0 aliphatic carbocycles. The fourth-order valence-corrected chi connectivity index (χ4v) is 8.55. The third-order valence-corrected chi connectivity index (χ3v) is 12.7. The van der Waals surface area contributed by atoms with Gasteiger partial charge in [0.1, 0.15) is 27.4 Å². The van der Waals surface area contributed by atoms with Gasteiger partial charge in [-0.05, 0) is 72.5 Å². The number of azo groups is 1. The van der Waals surface area contributed by atoms with Crippen LogP contribution in [0.3, 0.4) is 0 Å². The van der Waals surface area contributed by atoms with Crippen molar-refractivity contribution in [3.8, 4) is 11.5 Å². The quantitative estimate of drug-likeness (QED) is 0.0109. The molecule has 0 heterocycles. The number of hydrogen-bond acceptors (Lipinski definition) is 16. The topological polar surface area (TPSA) is 274 Å². The maximum atomic E-state index is 15.1. The number of rotatable bonds is 25. The summed E-state index contributed by atoms with van der Waals surface area (Å²) in [5.74, 6) is -4.10. The van der Waals surface area contributed by atoms with Gasteiger partial charge in [0, 0.05) is 24.3 Å². The standard InChI is InChI=1S/C43H54FN5O13S3.2Na/c1-6-7-8-9-10-11-12-13-14-15-22-45-64(55,56)31-20-21-33(44)34(25-31)47-42(53)40(41(52)43(3,4)5)60-30-18-16-29(17-19-30)48-49-38-36(63-62-61-54)24-28-23-32(65(57,58)59)26-35(46-27(2)50)37(28)39(38)51;;/h16-21,23-26,40,45,51,54H,6-15,22H2,1-5H3,(H,46,50)(H,47,53)(H,57,58,59);;/q;2*+1/p-2. The Morgan fingerprint density at radius 3 is 1.99 bits per heavy atom. The van der Waals surface area contributed by atoms with Crippen molar-refractivity contribution >= 4 is 83.3 Å². The summed E-state index contributed by atoms with van der Waals surface area (Å²) in [6.07, 6.45) is 8.94. The maximum Gasteiger partial charge on any atom is 1.00 e. The largest absolute Gasteiger partial charge is 1.00 e. The summed E-state index contributed by atoms with van der Waals surface area (Å²) in [6, 6.07) is 11.2. The number of halogens is 1. The molecule has 24 heteroatoms. The van der Waals surface area contributed by atoms with Gasteiger partial charge < -0.3 is 30.3 Å². The van der Waals surface area contributed by atoms with Crippen LogP contribution in [0, 0.1) is 11.2 Å². The van der Waals surface area contributed by atoms with Crippen LogP contribution in [0.5, 0.6) is 11.5 Å². The van der Waals surface area contributed by atoms with E-state index in [0.29, 0.717) is 6.42 Å². The molecule has 0 spiro atoms. The van der Waals surface area contributed by atoms with E-state index in [1.165, 1.54) is 62.4 Å². The molecular formula is C43H52FN5Na2O13S3. The number of phenols is 1. The summed E-state index contributed by atoms with van der Waals surface area (Å²) in [7, 11) is -9.12. The van der Waals surface area contributed by atoms with Crippen molar-refractivity contribution in [2.24, 2.45) is 15.6 Å². The second kappa shape index (κ2) is 27.9. The van der Waals surface area contributed by atoms with Gasteiger partial charge in [0.2, 0.25) is 22.0 Å². The SMILES string of the molecule is CCCCCCCCCCCCNS(=O)(=O)c1ccc(F)c(NC(=O)C(Oc2ccc(N=Nc3c(SOO[O-])cc4cc(S(=O)(=O)[O-])cc(NC(C)=O)c4c3O)cc2)C(=O)C(C)(C)C)c1.[Na+].[Na+]. The first-order chi connectivity index (χ1) is 30.7. The summed E-state index contributed by atoms with van der Waals surface area (Å²) in [5, 5.41) is 38.0. The average Bonchev–Trinajstić information content (AvgIpc) is 3.23. The van der Waals surface area contributed by atoms with E-state index in [4.69, 9.17) is 4.74 Å². The van der Waals surface area contributed by atoms with Crippen LogP contribution >= 0.6 is 12.0 Å². The molecule has 0 aliphatic rings. The van der Waals surface area contributed by atoms with E-state index in [-0.39, 0.29) is 121 Å². The zero-order valence-corrected chi connectivity index (χ0v) is 44.9. The number of fused-ring (bicyclic) bond motifs is 1. The van der Waals surface area contributed by atoms with Crippen LogP contribution < -0.4 is 84.5 Å². The molecule has 0 fully saturated rings. The van der Waals surface area contributed by atoms with Gasteiger partial charge in [0.05, 0.1) is 43.8 Å². The van der Waals surface area contributed by atoms with E-state index in [1.54, 1.807) is 20.8 Å². The molecule has 0 saturated carbocycles. The van der Waals surface area contributed by atoms with Crippen LogP contribution in [-0.2, 0) is 43.9 Å². The van der Waals surface area contributed by atoms with Crippen molar-refractivity contribution in [3.05, 3.63) is 66.5 Å². The van der Waals surface area contributed by atoms with Crippen molar-refractivity contribution in [2.75, 3.05) is 17.2 Å². The van der Waals surface area contributed by atoms with Gasteiger partial charge in [0.25, 0.3) is 5.91 Å². The van der Waals surface area contributed by atoms with E-state index in [9.17, 15) is 46.1 Å². The Bertz CT molecular complexity index is 2580. The normalized spacial score (nSPS) is 12.3. The van der Waals surface area contributed by atoms with E-state index in [2.05, 4.69) is 41.9 Å². The molecule has 4 rings (SSSR count). The summed E-state index contributed by atoms with van der Waals surface area (Å²) >= 11 is 0.263. The number of ether oxygens (including phenoxy) is 1. The number of carbonyl (C=O) groups is 3. The van der Waals surface area contributed by atoms with Gasteiger partial charge in [-0.3, -0.25) is 19.4 Å². The van der Waals surface area contributed by atoms with Crippen LogP contribution in [0.1, 0.15) is 98.8 Å². The molecule has 1 atom stereocenters. The second-order valence-corrected chi connectivity index (χ2v) is 19.9. The molecule has 0 radical (unpaired) electrons. The van der Waals surface area contributed by atoms with E-state index >= 15 is 4.39 Å². The Morgan fingerprint density at radius 1 is 0.821 bits per heavy atom. The number of anilines is 2. The Labute approximate surface area is 438 Å². The number of benzene rings is 4. The Kier molecular flexibility index (Phi) is 25.0. The fraction of sp³-hybridized carbons (Fsp3) is 0.419. The first kappa shape index (κ1) is 60.1. The molecule has 18 nitrogen and oxygen atoms in total. The van der Waals surface area contributed by atoms with Gasteiger partial charge in [-0.2, -0.15) is 9.45 Å². The molecule has 4 aromatic carbocycles. The number of Topliss-reactive ketones (excluding diaryl/α,β-unsaturated/α-hetero) is 1. The van der Waals surface area contributed by atoms with Gasteiger partial charge in [-0.1, -0.05) is 85.5 Å². The fourth-order valence-electron chi connectivity index (χ4n) is 6.43. The first-order valence-corrected chi connectivity index (χ1v) is 24.3. The summed E-state index contributed by atoms with van der Waals surface area (Å²) in [4.78, 5) is 38.0. The number of phenolic OH excluding ortho intramolecular Hbond substituents is 1. The first-order valence-electron chi connectivity index (χ1n) is 20.7. The number of ketones is 1. The van der Waals surface area contributed by atoms with Crippen molar-refractivity contribution in [1.29, 1.82) is 0 Å².